The summed E-state index contributed by atoms with van der Waals surface area (Å²) in [5.74, 6) is -3.69. The molecule has 0 atom stereocenters. The molecule has 1 amide bonds. The fourth-order valence-corrected chi connectivity index (χ4v) is 1.70. The number of aliphatic carboxylic acids is 1. The number of nitrogens with one attached hydrogen (secondary N) is 1. The van der Waals surface area contributed by atoms with Crippen molar-refractivity contribution in [1.29, 1.82) is 0 Å². The first-order valence-corrected chi connectivity index (χ1v) is 5.67. The maximum atomic E-state index is 13.4. The number of carboxylic acids is 1. The first kappa shape index (κ1) is 15.1. The average molecular weight is 271 g/mol. The maximum Gasteiger partial charge on any atom is 0.305 e. The van der Waals surface area contributed by atoms with Crippen LogP contribution in [-0.2, 0) is 16.0 Å². The molecule has 0 heterocycles. The lowest BCUT2D eigenvalue weighted by Gasteiger charge is -2.24. The Balaban J connectivity index is 2.70. The van der Waals surface area contributed by atoms with Crippen LogP contribution in [0.5, 0.6) is 0 Å². The molecule has 0 aliphatic carbocycles. The highest BCUT2D eigenvalue weighted by Gasteiger charge is 2.24. The van der Waals surface area contributed by atoms with Gasteiger partial charge in [0.2, 0.25) is 5.91 Å². The topological polar surface area (TPSA) is 66.4 Å². The molecule has 0 saturated heterocycles. The molecule has 0 unspecified atom stereocenters. The predicted octanol–water partition coefficient (Wildman–Crippen LogP) is 1.88. The maximum absolute atomic E-state index is 13.4. The lowest BCUT2D eigenvalue weighted by molar-refractivity contribution is -0.138. The molecule has 0 bridgehead atoms. The van der Waals surface area contributed by atoms with Gasteiger partial charge in [-0.1, -0.05) is 12.1 Å². The minimum absolute atomic E-state index is 0.0661. The van der Waals surface area contributed by atoms with Gasteiger partial charge in [-0.15, -0.1) is 0 Å². The molecule has 104 valence electrons. The summed E-state index contributed by atoms with van der Waals surface area (Å²) >= 11 is 0. The quantitative estimate of drug-likeness (QED) is 0.859. The van der Waals surface area contributed by atoms with Crippen molar-refractivity contribution < 1.29 is 23.5 Å². The van der Waals surface area contributed by atoms with Gasteiger partial charge in [0, 0.05) is 11.1 Å². The number of hydrogen-bond donors (Lipinski definition) is 2. The largest absolute Gasteiger partial charge is 0.481 e. The smallest absolute Gasteiger partial charge is 0.305 e. The zero-order valence-electron chi connectivity index (χ0n) is 10.7. The van der Waals surface area contributed by atoms with E-state index in [2.05, 4.69) is 5.32 Å². The molecule has 0 fully saturated rings. The van der Waals surface area contributed by atoms with E-state index < -0.39 is 29.0 Å². The summed E-state index contributed by atoms with van der Waals surface area (Å²) in [4.78, 5) is 22.3. The Morgan fingerprint density at radius 3 is 2.53 bits per heavy atom. The van der Waals surface area contributed by atoms with Crippen molar-refractivity contribution in [2.45, 2.75) is 32.2 Å². The first-order chi connectivity index (χ1) is 8.71. The summed E-state index contributed by atoms with van der Waals surface area (Å²) in [5.41, 5.74) is -1.02. The SMILES string of the molecule is CC(C)(CC(=O)O)NC(=O)Cc1cccc(F)c1F. The third kappa shape index (κ3) is 4.65. The monoisotopic (exact) mass is 271 g/mol. The van der Waals surface area contributed by atoms with Crippen molar-refractivity contribution in [3.05, 3.63) is 35.4 Å². The fraction of sp³-hybridized carbons (Fsp3) is 0.385. The van der Waals surface area contributed by atoms with E-state index in [-0.39, 0.29) is 18.4 Å². The van der Waals surface area contributed by atoms with Crippen LogP contribution in [0.2, 0.25) is 0 Å². The highest BCUT2D eigenvalue weighted by atomic mass is 19.2. The van der Waals surface area contributed by atoms with Crippen molar-refractivity contribution in [3.8, 4) is 0 Å². The van der Waals surface area contributed by atoms with Crippen LogP contribution < -0.4 is 5.32 Å². The van der Waals surface area contributed by atoms with Gasteiger partial charge in [0.15, 0.2) is 11.6 Å². The van der Waals surface area contributed by atoms with E-state index in [0.717, 1.165) is 6.07 Å². The van der Waals surface area contributed by atoms with Crippen LogP contribution in [0.3, 0.4) is 0 Å². The van der Waals surface area contributed by atoms with Gasteiger partial charge >= 0.3 is 5.97 Å². The lowest BCUT2D eigenvalue weighted by Crippen LogP contribution is -2.45. The molecule has 2 N–H and O–H groups in total. The molecule has 1 rings (SSSR count). The molecule has 4 nitrogen and oxygen atoms in total. The first-order valence-electron chi connectivity index (χ1n) is 5.67. The molecular formula is C13H15F2NO3. The van der Waals surface area contributed by atoms with Crippen LogP contribution in [0.15, 0.2) is 18.2 Å². The van der Waals surface area contributed by atoms with Crippen molar-refractivity contribution >= 4 is 11.9 Å². The molecule has 0 saturated carbocycles. The highest BCUT2D eigenvalue weighted by molar-refractivity contribution is 5.80. The molecule has 0 aromatic heterocycles. The Morgan fingerprint density at radius 2 is 1.95 bits per heavy atom. The summed E-state index contributed by atoms with van der Waals surface area (Å²) in [6.45, 7) is 3.09. The lowest BCUT2D eigenvalue weighted by atomic mass is 10.00. The number of carbonyl (C=O) groups is 2. The molecule has 1 aromatic carbocycles. The molecule has 19 heavy (non-hydrogen) atoms. The van der Waals surface area contributed by atoms with Crippen LogP contribution in [0.1, 0.15) is 25.8 Å². The van der Waals surface area contributed by atoms with Gasteiger partial charge in [-0.05, 0) is 19.9 Å². The summed E-state index contributed by atoms with van der Waals surface area (Å²) in [5, 5.41) is 11.1. The van der Waals surface area contributed by atoms with Crippen molar-refractivity contribution in [3.63, 3.8) is 0 Å². The van der Waals surface area contributed by atoms with Crippen LogP contribution >= 0.6 is 0 Å². The van der Waals surface area contributed by atoms with Gasteiger partial charge < -0.3 is 10.4 Å². The number of halogens is 2. The van der Waals surface area contributed by atoms with Crippen LogP contribution in [0, 0.1) is 11.6 Å². The molecule has 6 heteroatoms. The van der Waals surface area contributed by atoms with Crippen LogP contribution in [0.25, 0.3) is 0 Å². The van der Waals surface area contributed by atoms with Crippen molar-refractivity contribution in [2.75, 3.05) is 0 Å². The molecular weight excluding hydrogens is 256 g/mol. The molecule has 0 spiro atoms. The number of amides is 1. The average Bonchev–Trinajstić information content (AvgIpc) is 2.21. The second-order valence-corrected chi connectivity index (χ2v) is 4.89. The van der Waals surface area contributed by atoms with Crippen molar-refractivity contribution in [1.82, 2.24) is 5.32 Å². The summed E-state index contributed by atoms with van der Waals surface area (Å²) < 4.78 is 26.3. The molecule has 0 radical (unpaired) electrons. The highest BCUT2D eigenvalue weighted by Crippen LogP contribution is 2.13. The van der Waals surface area contributed by atoms with Crippen LogP contribution in [0.4, 0.5) is 8.78 Å². The van der Waals surface area contributed by atoms with Gasteiger partial charge in [0.05, 0.1) is 12.8 Å². The van der Waals surface area contributed by atoms with Gasteiger partial charge in [-0.2, -0.15) is 0 Å². The fourth-order valence-electron chi connectivity index (χ4n) is 1.70. The van der Waals surface area contributed by atoms with Gasteiger partial charge in [0.1, 0.15) is 0 Å². The van der Waals surface area contributed by atoms with Gasteiger partial charge in [-0.3, -0.25) is 9.59 Å². The zero-order chi connectivity index (χ0) is 14.6. The predicted molar refractivity (Wildman–Crippen MR) is 64.5 cm³/mol. The molecule has 0 aliphatic rings. The Kier molecular flexibility index (Phi) is 4.58. The number of rotatable bonds is 5. The van der Waals surface area contributed by atoms with Crippen molar-refractivity contribution in [2.24, 2.45) is 0 Å². The number of hydrogen-bond acceptors (Lipinski definition) is 2. The van der Waals surface area contributed by atoms with E-state index in [9.17, 15) is 18.4 Å². The molecule has 0 aliphatic heterocycles. The van der Waals surface area contributed by atoms with E-state index in [1.54, 1.807) is 13.8 Å². The summed E-state index contributed by atoms with van der Waals surface area (Å²) in [6.07, 6.45) is -0.600. The zero-order valence-corrected chi connectivity index (χ0v) is 10.7. The Hall–Kier alpha value is -1.98. The van der Waals surface area contributed by atoms with E-state index in [4.69, 9.17) is 5.11 Å². The van der Waals surface area contributed by atoms with Gasteiger partial charge in [0.25, 0.3) is 0 Å². The minimum atomic E-state index is -1.06. The number of carbonyl (C=O) groups excluding carboxylic acids is 1. The number of carboxylic acid groups (broad SMARTS) is 1. The molecule has 1 aromatic rings. The third-order valence-electron chi connectivity index (χ3n) is 2.45. The van der Waals surface area contributed by atoms with E-state index in [0.29, 0.717) is 0 Å². The van der Waals surface area contributed by atoms with E-state index >= 15 is 0 Å². The van der Waals surface area contributed by atoms with Gasteiger partial charge in [-0.25, -0.2) is 8.78 Å². The Bertz CT molecular complexity index is 501. The normalized spacial score (nSPS) is 11.2. The van der Waals surface area contributed by atoms with Crippen LogP contribution in [-0.4, -0.2) is 22.5 Å². The Labute approximate surface area is 109 Å². The summed E-state index contributed by atoms with van der Waals surface area (Å²) in [6, 6.07) is 3.58. The summed E-state index contributed by atoms with van der Waals surface area (Å²) in [7, 11) is 0. The second-order valence-electron chi connectivity index (χ2n) is 4.89. The minimum Gasteiger partial charge on any atom is -0.481 e. The second kappa shape index (κ2) is 5.77. The standard InChI is InChI=1S/C13H15F2NO3/c1-13(2,7-11(18)19)16-10(17)6-8-4-3-5-9(14)12(8)15/h3-5H,6-7H2,1-2H3,(H,16,17)(H,18,19). The Morgan fingerprint density at radius 1 is 1.32 bits per heavy atom. The third-order valence-corrected chi connectivity index (χ3v) is 2.45. The number of benzene rings is 1. The van der Waals surface area contributed by atoms with E-state index in [1.807, 2.05) is 0 Å². The van der Waals surface area contributed by atoms with E-state index in [1.165, 1.54) is 12.1 Å².